The molecule has 0 bridgehead atoms. The van der Waals surface area contributed by atoms with Gasteiger partial charge in [-0.2, -0.15) is 0 Å². The zero-order valence-corrected chi connectivity index (χ0v) is 14.9. The van der Waals surface area contributed by atoms with E-state index >= 15 is 0 Å². The van der Waals surface area contributed by atoms with Crippen molar-refractivity contribution in [1.29, 1.82) is 0 Å². The fourth-order valence-corrected chi connectivity index (χ4v) is 3.96. The molecule has 0 aliphatic carbocycles. The van der Waals surface area contributed by atoms with E-state index in [4.69, 9.17) is 0 Å². The van der Waals surface area contributed by atoms with Gasteiger partial charge < -0.3 is 4.90 Å². The Morgan fingerprint density at radius 2 is 1.90 bits per heavy atom. The molecule has 0 aliphatic heterocycles. The largest absolute Gasteiger partial charge is 0.331 e. The summed E-state index contributed by atoms with van der Waals surface area (Å²) in [4.78, 5) is 24.5. The Balaban J connectivity index is 2.20. The van der Waals surface area contributed by atoms with Crippen LogP contribution in [0.3, 0.4) is 0 Å². The van der Waals surface area contributed by atoms with Crippen LogP contribution in [0.25, 0.3) is 0 Å². The third kappa shape index (κ3) is 3.32. The molecule has 0 aromatic carbocycles. The molecule has 2 heterocycles. The van der Waals surface area contributed by atoms with Gasteiger partial charge in [-0.25, -0.2) is 9.97 Å². The summed E-state index contributed by atoms with van der Waals surface area (Å²) in [6.07, 6.45) is 0. The topological polar surface area (TPSA) is 46.1 Å². The second-order valence-corrected chi connectivity index (χ2v) is 7.76. The van der Waals surface area contributed by atoms with E-state index in [1.54, 1.807) is 16.2 Å². The van der Waals surface area contributed by atoms with Gasteiger partial charge in [0.2, 0.25) is 0 Å². The number of aryl methyl sites for hydroxylation is 2. The molecule has 0 N–H and O–H groups in total. The molecule has 2 rings (SSSR count). The maximum absolute atomic E-state index is 12.6. The van der Waals surface area contributed by atoms with Crippen LogP contribution < -0.4 is 0 Å². The van der Waals surface area contributed by atoms with Gasteiger partial charge in [0.05, 0.1) is 22.4 Å². The molecule has 1 atom stereocenters. The van der Waals surface area contributed by atoms with Gasteiger partial charge in [-0.3, -0.25) is 4.79 Å². The smallest absolute Gasteiger partial charge is 0.283 e. The van der Waals surface area contributed by atoms with Gasteiger partial charge in [0.1, 0.15) is 0 Å². The molecular formula is C15H21N3OS2. The van der Waals surface area contributed by atoms with Crippen LogP contribution in [0, 0.1) is 13.8 Å². The molecule has 0 spiro atoms. The number of amides is 1. The van der Waals surface area contributed by atoms with E-state index in [0.29, 0.717) is 10.9 Å². The van der Waals surface area contributed by atoms with Crippen molar-refractivity contribution in [2.45, 2.75) is 46.6 Å². The molecule has 0 fully saturated rings. The number of carbonyl (C=O) groups is 1. The Kier molecular flexibility index (Phi) is 4.78. The van der Waals surface area contributed by atoms with Crippen molar-refractivity contribution in [3.8, 4) is 0 Å². The Morgan fingerprint density at radius 1 is 1.24 bits per heavy atom. The van der Waals surface area contributed by atoms with E-state index in [-0.39, 0.29) is 11.9 Å². The lowest BCUT2D eigenvalue weighted by atomic mass is 10.2. The Bertz CT molecular complexity index is 645. The molecule has 0 radical (unpaired) electrons. The first-order valence-electron chi connectivity index (χ1n) is 6.97. The average molecular weight is 323 g/mol. The number of carbonyl (C=O) groups excluding carboxylic acids is 1. The van der Waals surface area contributed by atoms with Crippen LogP contribution in [-0.4, -0.2) is 27.8 Å². The highest BCUT2D eigenvalue weighted by molar-refractivity contribution is 7.12. The monoisotopic (exact) mass is 323 g/mol. The van der Waals surface area contributed by atoms with Gasteiger partial charge in [-0.15, -0.1) is 22.7 Å². The third-order valence-electron chi connectivity index (χ3n) is 3.53. The maximum Gasteiger partial charge on any atom is 0.283 e. The summed E-state index contributed by atoms with van der Waals surface area (Å²) >= 11 is 3.08. The van der Waals surface area contributed by atoms with Crippen LogP contribution >= 0.6 is 22.7 Å². The van der Waals surface area contributed by atoms with Crippen LogP contribution in [0.2, 0.25) is 0 Å². The first kappa shape index (κ1) is 16.1. The number of nitrogens with zero attached hydrogens (tertiary/aromatic N) is 3. The van der Waals surface area contributed by atoms with E-state index < -0.39 is 0 Å². The predicted molar refractivity (Wildman–Crippen MR) is 88.3 cm³/mol. The lowest BCUT2D eigenvalue weighted by molar-refractivity contribution is 0.0739. The summed E-state index contributed by atoms with van der Waals surface area (Å²) in [7, 11) is 1.82. The zero-order valence-electron chi connectivity index (χ0n) is 13.3. The van der Waals surface area contributed by atoms with Crippen molar-refractivity contribution in [3.63, 3.8) is 0 Å². The van der Waals surface area contributed by atoms with E-state index in [9.17, 15) is 4.79 Å². The minimum Gasteiger partial charge on any atom is -0.331 e. The molecule has 6 heteroatoms. The molecule has 2 aromatic rings. The third-order valence-corrected chi connectivity index (χ3v) is 5.28. The summed E-state index contributed by atoms with van der Waals surface area (Å²) in [5.74, 6) is 0.304. The second kappa shape index (κ2) is 6.23. The van der Waals surface area contributed by atoms with Gasteiger partial charge >= 0.3 is 0 Å². The van der Waals surface area contributed by atoms with Gasteiger partial charge in [0, 0.05) is 17.3 Å². The van der Waals surface area contributed by atoms with E-state index in [2.05, 4.69) is 30.7 Å². The first-order chi connectivity index (χ1) is 9.81. The average Bonchev–Trinajstić information content (AvgIpc) is 3.03. The fourth-order valence-electron chi connectivity index (χ4n) is 2.09. The summed E-state index contributed by atoms with van der Waals surface area (Å²) in [6.45, 7) is 10.2. The van der Waals surface area contributed by atoms with Crippen LogP contribution in [0.5, 0.6) is 0 Å². The number of thiazole rings is 2. The highest BCUT2D eigenvalue weighted by Crippen LogP contribution is 2.28. The van der Waals surface area contributed by atoms with Crippen molar-refractivity contribution in [2.75, 3.05) is 7.05 Å². The fraction of sp³-hybridized carbons (Fsp3) is 0.533. The summed E-state index contributed by atoms with van der Waals surface area (Å²) in [5, 5.41) is 3.55. The Morgan fingerprint density at radius 3 is 2.38 bits per heavy atom. The van der Waals surface area contributed by atoms with Crippen LogP contribution in [0.1, 0.15) is 63.8 Å². The number of aromatic nitrogens is 2. The van der Waals surface area contributed by atoms with Gasteiger partial charge in [0.25, 0.3) is 5.91 Å². The van der Waals surface area contributed by atoms with Crippen molar-refractivity contribution in [1.82, 2.24) is 14.9 Å². The predicted octanol–water partition coefficient (Wildman–Crippen LogP) is 4.17. The van der Waals surface area contributed by atoms with Gasteiger partial charge in [0.15, 0.2) is 5.01 Å². The molecule has 4 nitrogen and oxygen atoms in total. The lowest BCUT2D eigenvalue weighted by Crippen LogP contribution is -2.30. The summed E-state index contributed by atoms with van der Waals surface area (Å²) < 4.78 is 0. The standard InChI is InChI=1S/C15H21N3OS2/c1-8(2)12-7-20-14(17-12)15(19)18(6)9(3)13-10(4)21-11(5)16-13/h7-9H,1-6H3. The highest BCUT2D eigenvalue weighted by Gasteiger charge is 2.24. The maximum atomic E-state index is 12.6. The summed E-state index contributed by atoms with van der Waals surface area (Å²) in [5.41, 5.74) is 1.96. The van der Waals surface area contributed by atoms with E-state index in [1.165, 1.54) is 16.2 Å². The van der Waals surface area contributed by atoms with Crippen molar-refractivity contribution >= 4 is 28.6 Å². The molecule has 0 saturated heterocycles. The lowest BCUT2D eigenvalue weighted by Gasteiger charge is -2.23. The SMILES string of the molecule is Cc1nc(C(C)N(C)C(=O)c2nc(C(C)C)cs2)c(C)s1. The quantitative estimate of drug-likeness (QED) is 0.848. The van der Waals surface area contributed by atoms with Gasteiger partial charge in [-0.1, -0.05) is 13.8 Å². The molecule has 1 unspecified atom stereocenters. The molecule has 21 heavy (non-hydrogen) atoms. The number of hydrogen-bond donors (Lipinski definition) is 0. The molecule has 1 amide bonds. The minimum absolute atomic E-state index is 0.0375. The van der Waals surface area contributed by atoms with Gasteiger partial charge in [-0.05, 0) is 26.7 Å². The zero-order chi connectivity index (χ0) is 15.7. The van der Waals surface area contributed by atoms with E-state index in [1.807, 2.05) is 26.3 Å². The Hall–Kier alpha value is -1.27. The first-order valence-corrected chi connectivity index (χ1v) is 8.67. The normalized spacial score (nSPS) is 12.7. The van der Waals surface area contributed by atoms with E-state index in [0.717, 1.165) is 16.4 Å². The molecule has 114 valence electrons. The van der Waals surface area contributed by atoms with Crippen molar-refractivity contribution in [3.05, 3.63) is 31.7 Å². The van der Waals surface area contributed by atoms with Crippen molar-refractivity contribution in [2.24, 2.45) is 0 Å². The second-order valence-electron chi connectivity index (χ2n) is 5.50. The van der Waals surface area contributed by atoms with Crippen molar-refractivity contribution < 1.29 is 4.79 Å². The Labute approximate surface area is 133 Å². The molecular weight excluding hydrogens is 302 g/mol. The molecule has 0 saturated carbocycles. The molecule has 0 aliphatic rings. The number of rotatable bonds is 4. The summed E-state index contributed by atoms with van der Waals surface area (Å²) in [6, 6.07) is -0.0474. The minimum atomic E-state index is -0.0474. The van der Waals surface area contributed by atoms with Crippen LogP contribution in [0.4, 0.5) is 0 Å². The van der Waals surface area contributed by atoms with Crippen LogP contribution in [0.15, 0.2) is 5.38 Å². The number of hydrogen-bond acceptors (Lipinski definition) is 5. The van der Waals surface area contributed by atoms with Crippen LogP contribution in [-0.2, 0) is 0 Å². The molecule has 2 aromatic heterocycles. The highest BCUT2D eigenvalue weighted by atomic mass is 32.1.